The molecule has 1 aromatic carbocycles. The van der Waals surface area contributed by atoms with Gasteiger partial charge in [-0.1, -0.05) is 18.2 Å². The van der Waals surface area contributed by atoms with Gasteiger partial charge in [-0.2, -0.15) is 0 Å². The molecule has 1 aliphatic rings. The third-order valence-corrected chi connectivity index (χ3v) is 5.67. The smallest absolute Gasteiger partial charge is 0.168 e. The number of nitrogen functional groups attached to an aromatic ring is 1. The first kappa shape index (κ1) is 20.1. The number of pyridine rings is 1. The number of aromatic nitrogens is 4. The molecule has 162 valence electrons. The normalized spacial score (nSPS) is 14.1. The molecule has 0 bridgehead atoms. The summed E-state index contributed by atoms with van der Waals surface area (Å²) in [5.74, 6) is 1.94. The second-order valence-corrected chi connectivity index (χ2v) is 7.90. The second-order valence-electron chi connectivity index (χ2n) is 7.90. The fourth-order valence-electron chi connectivity index (χ4n) is 3.97. The van der Waals surface area contributed by atoms with E-state index < -0.39 is 0 Å². The first-order valence-electron chi connectivity index (χ1n) is 10.6. The van der Waals surface area contributed by atoms with Crippen LogP contribution in [0.3, 0.4) is 0 Å². The highest BCUT2D eigenvalue weighted by molar-refractivity contribution is 5.97. The van der Waals surface area contributed by atoms with E-state index in [-0.39, 0.29) is 12.2 Å². The van der Waals surface area contributed by atoms with Gasteiger partial charge < -0.3 is 19.9 Å². The third kappa shape index (κ3) is 3.92. The molecule has 0 spiro atoms. The maximum Gasteiger partial charge on any atom is 0.168 e. The van der Waals surface area contributed by atoms with E-state index in [1.54, 1.807) is 12.1 Å². The van der Waals surface area contributed by atoms with Crippen LogP contribution < -0.4 is 10.6 Å². The van der Waals surface area contributed by atoms with E-state index >= 15 is 0 Å². The Hall–Kier alpha value is -3.78. The summed E-state index contributed by atoms with van der Waals surface area (Å²) < 4.78 is 7.58. The predicted molar refractivity (Wildman–Crippen MR) is 124 cm³/mol. The van der Waals surface area contributed by atoms with Crippen molar-refractivity contribution in [1.82, 2.24) is 19.5 Å². The quantitative estimate of drug-likeness (QED) is 0.488. The summed E-state index contributed by atoms with van der Waals surface area (Å²) in [5.41, 5.74) is 9.85. The number of hydrogen-bond donors (Lipinski definition) is 1. The fraction of sp³-hybridized carbons (Fsp3) is 0.250. The van der Waals surface area contributed by atoms with Crippen molar-refractivity contribution < 1.29 is 9.53 Å². The van der Waals surface area contributed by atoms with Crippen LogP contribution in [0.4, 0.5) is 11.6 Å². The van der Waals surface area contributed by atoms with Gasteiger partial charge in [0.2, 0.25) is 0 Å². The molecule has 0 saturated carbocycles. The molecule has 8 nitrogen and oxygen atoms in total. The Morgan fingerprint density at radius 3 is 2.75 bits per heavy atom. The molecule has 2 N–H and O–H groups in total. The zero-order valence-electron chi connectivity index (χ0n) is 17.9. The lowest BCUT2D eigenvalue weighted by Gasteiger charge is -2.28. The van der Waals surface area contributed by atoms with Gasteiger partial charge in [0.1, 0.15) is 11.3 Å². The zero-order chi connectivity index (χ0) is 22.1. The van der Waals surface area contributed by atoms with E-state index in [4.69, 9.17) is 20.4 Å². The summed E-state index contributed by atoms with van der Waals surface area (Å²) in [4.78, 5) is 28.7. The number of aryl methyl sites for hydroxylation is 1. The number of anilines is 2. The number of benzene rings is 1. The molecule has 5 rings (SSSR count). The number of nitrogens with zero attached hydrogens (tertiary/aromatic N) is 5. The van der Waals surface area contributed by atoms with Crippen molar-refractivity contribution >= 4 is 28.5 Å². The highest BCUT2D eigenvalue weighted by atomic mass is 16.5. The van der Waals surface area contributed by atoms with Crippen LogP contribution in [-0.2, 0) is 18.2 Å². The molecular weight excluding hydrogens is 404 g/mol. The minimum atomic E-state index is -0.0110. The number of ketones is 1. The van der Waals surface area contributed by atoms with Gasteiger partial charge in [-0.05, 0) is 29.8 Å². The van der Waals surface area contributed by atoms with E-state index in [1.165, 1.54) is 6.20 Å². The number of carbonyl (C=O) groups excluding carboxylic acids is 1. The highest BCUT2D eigenvalue weighted by Gasteiger charge is 2.20. The van der Waals surface area contributed by atoms with E-state index in [1.807, 2.05) is 43.6 Å². The molecule has 0 amide bonds. The van der Waals surface area contributed by atoms with Crippen LogP contribution in [0.15, 0.2) is 54.9 Å². The molecule has 1 fully saturated rings. The Balaban J connectivity index is 1.49. The summed E-state index contributed by atoms with van der Waals surface area (Å²) in [6.07, 6.45) is 3.79. The van der Waals surface area contributed by atoms with Crippen molar-refractivity contribution in [2.45, 2.75) is 6.42 Å². The molecule has 3 aromatic heterocycles. The number of carbonyl (C=O) groups is 1. The van der Waals surface area contributed by atoms with Crippen molar-refractivity contribution in [2.24, 2.45) is 7.05 Å². The lowest BCUT2D eigenvalue weighted by molar-refractivity contribution is 0.0992. The lowest BCUT2D eigenvalue weighted by Crippen LogP contribution is -2.37. The fourth-order valence-corrected chi connectivity index (χ4v) is 3.97. The summed E-state index contributed by atoms with van der Waals surface area (Å²) >= 11 is 0. The highest BCUT2D eigenvalue weighted by Crippen LogP contribution is 2.29. The number of rotatable bonds is 5. The minimum Gasteiger partial charge on any atom is -0.384 e. The Morgan fingerprint density at radius 2 is 1.97 bits per heavy atom. The molecule has 0 unspecified atom stereocenters. The Bertz CT molecular complexity index is 1280. The summed E-state index contributed by atoms with van der Waals surface area (Å²) in [6.45, 7) is 2.95. The second kappa shape index (κ2) is 8.39. The number of fused-ring (bicyclic) bond motifs is 1. The molecule has 1 saturated heterocycles. The van der Waals surface area contributed by atoms with Crippen LogP contribution in [0.2, 0.25) is 0 Å². The maximum atomic E-state index is 12.7. The number of morpholine rings is 1. The van der Waals surface area contributed by atoms with Crippen molar-refractivity contribution in [3.63, 3.8) is 0 Å². The Morgan fingerprint density at radius 1 is 1.12 bits per heavy atom. The van der Waals surface area contributed by atoms with Crippen molar-refractivity contribution in [1.29, 1.82) is 0 Å². The van der Waals surface area contributed by atoms with Gasteiger partial charge in [0.15, 0.2) is 17.4 Å². The number of Topliss-reactive ketones (excluding diaryl/α,β-unsaturated/α-hetero) is 1. The molecule has 4 heterocycles. The SMILES string of the molecule is Cn1ccc2nc(-c3cccc(CC(=O)c4ccc(N)nc4)c3)nc(N3CCOCC3)c21. The molecule has 0 radical (unpaired) electrons. The van der Waals surface area contributed by atoms with Crippen LogP contribution in [0.25, 0.3) is 22.4 Å². The van der Waals surface area contributed by atoms with Crippen molar-refractivity contribution in [2.75, 3.05) is 36.9 Å². The molecule has 0 aliphatic carbocycles. The third-order valence-electron chi connectivity index (χ3n) is 5.67. The predicted octanol–water partition coefficient (Wildman–Crippen LogP) is 2.87. The van der Waals surface area contributed by atoms with Gasteiger partial charge in [-0.25, -0.2) is 15.0 Å². The van der Waals surface area contributed by atoms with E-state index in [9.17, 15) is 4.79 Å². The standard InChI is InChI=1S/C24H24N6O2/c1-29-8-7-19-22(29)24(30-9-11-32-12-10-30)28-23(27-19)17-4-2-3-16(13-17)14-20(31)18-5-6-21(25)26-15-18/h2-8,13,15H,9-12,14H2,1H3,(H2,25,26). The number of ether oxygens (including phenoxy) is 1. The van der Waals surface area contributed by atoms with Crippen molar-refractivity contribution in [3.8, 4) is 11.4 Å². The molecule has 8 heteroatoms. The minimum absolute atomic E-state index is 0.0110. The Kier molecular flexibility index (Phi) is 5.28. The topological polar surface area (TPSA) is 99.2 Å². The van der Waals surface area contributed by atoms with E-state index in [0.717, 1.165) is 41.1 Å². The monoisotopic (exact) mass is 428 g/mol. The molecular formula is C24H24N6O2. The van der Waals surface area contributed by atoms with Crippen LogP contribution in [0.1, 0.15) is 15.9 Å². The molecule has 4 aromatic rings. The van der Waals surface area contributed by atoms with E-state index in [0.29, 0.717) is 30.4 Å². The largest absolute Gasteiger partial charge is 0.384 e. The van der Waals surface area contributed by atoms with Crippen LogP contribution in [0, 0.1) is 0 Å². The summed E-state index contributed by atoms with van der Waals surface area (Å²) in [6, 6.07) is 13.2. The van der Waals surface area contributed by atoms with E-state index in [2.05, 4.69) is 14.5 Å². The van der Waals surface area contributed by atoms with Gasteiger partial charge >= 0.3 is 0 Å². The Labute approximate surface area is 185 Å². The first-order valence-corrected chi connectivity index (χ1v) is 10.6. The molecule has 32 heavy (non-hydrogen) atoms. The summed E-state index contributed by atoms with van der Waals surface area (Å²) in [5, 5.41) is 0. The van der Waals surface area contributed by atoms with Gasteiger partial charge in [-0.3, -0.25) is 4.79 Å². The van der Waals surface area contributed by atoms with Crippen LogP contribution >= 0.6 is 0 Å². The van der Waals surface area contributed by atoms with Gasteiger partial charge in [-0.15, -0.1) is 0 Å². The maximum absolute atomic E-state index is 12.7. The van der Waals surface area contributed by atoms with Crippen LogP contribution in [-0.4, -0.2) is 51.6 Å². The lowest BCUT2D eigenvalue weighted by atomic mass is 10.0. The molecule has 1 aliphatic heterocycles. The van der Waals surface area contributed by atoms with Crippen LogP contribution in [0.5, 0.6) is 0 Å². The first-order chi connectivity index (χ1) is 15.6. The number of nitrogens with two attached hydrogens (primary N) is 1. The zero-order valence-corrected chi connectivity index (χ0v) is 17.9. The van der Waals surface area contributed by atoms with Gasteiger partial charge in [0.25, 0.3) is 0 Å². The number of hydrogen-bond acceptors (Lipinski definition) is 7. The summed E-state index contributed by atoms with van der Waals surface area (Å²) in [7, 11) is 2.01. The van der Waals surface area contributed by atoms with Gasteiger partial charge in [0.05, 0.1) is 18.7 Å². The van der Waals surface area contributed by atoms with Crippen molar-refractivity contribution in [3.05, 3.63) is 66.0 Å². The van der Waals surface area contributed by atoms with Gasteiger partial charge in [0, 0.05) is 50.1 Å². The average Bonchev–Trinajstić information content (AvgIpc) is 3.20. The molecule has 0 atom stereocenters. The average molecular weight is 428 g/mol.